The second-order valence-electron chi connectivity index (χ2n) is 2.37. The van der Waals surface area contributed by atoms with Crippen LogP contribution in [0.4, 0.5) is 0 Å². The molecule has 5 nitrogen and oxygen atoms in total. The molecule has 14 heavy (non-hydrogen) atoms. The summed E-state index contributed by atoms with van der Waals surface area (Å²) in [7, 11) is -3.63. The van der Waals surface area contributed by atoms with Gasteiger partial charge in [-0.3, -0.25) is 4.79 Å². The van der Waals surface area contributed by atoms with Gasteiger partial charge in [0.25, 0.3) is 16.0 Å². The van der Waals surface area contributed by atoms with Gasteiger partial charge in [0.2, 0.25) is 0 Å². The molecule has 0 spiro atoms. The maximum absolute atomic E-state index is 10.9. The van der Waals surface area contributed by atoms with Crippen LogP contribution < -0.4 is 5.48 Å². The normalized spacial score (nSPS) is 10.1. The van der Waals surface area contributed by atoms with Crippen molar-refractivity contribution in [2.75, 3.05) is 5.75 Å². The third-order valence-electron chi connectivity index (χ3n) is 1.20. The fourth-order valence-corrected chi connectivity index (χ4v) is 1.44. The summed E-state index contributed by atoms with van der Waals surface area (Å²) in [5.74, 6) is -0.777. The Morgan fingerprint density at radius 1 is 1.57 bits per heavy atom. The summed E-state index contributed by atoms with van der Waals surface area (Å²) in [6.07, 6.45) is 2.18. The number of unbranched alkanes of at least 4 members (excludes halogenated alkanes) is 1. The van der Waals surface area contributed by atoms with E-state index in [1.165, 1.54) is 0 Å². The molecule has 0 saturated heterocycles. The van der Waals surface area contributed by atoms with E-state index in [1.807, 2.05) is 6.92 Å². The summed E-state index contributed by atoms with van der Waals surface area (Å²) < 4.78 is 26.1. The summed E-state index contributed by atoms with van der Waals surface area (Å²) in [5.41, 5.74) is 1.74. The molecule has 0 aromatic heterocycles. The van der Waals surface area contributed by atoms with Crippen LogP contribution in [0, 0.1) is 0 Å². The Labute approximate surface area is 106 Å². The van der Waals surface area contributed by atoms with Crippen LogP contribution in [0.2, 0.25) is 0 Å². The molecular formula is C7H14NNaO4S. The second kappa shape index (κ2) is 8.43. The predicted molar refractivity (Wildman–Crippen MR) is 55.3 cm³/mol. The third kappa shape index (κ3) is 8.71. The molecule has 0 heterocycles. The van der Waals surface area contributed by atoms with Gasteiger partial charge in [-0.25, -0.2) is 5.48 Å². The van der Waals surface area contributed by atoms with E-state index >= 15 is 0 Å². The SMILES string of the molecule is C=CC(=O)NOS(=O)(=O)CCCC.[NaH]. The first-order valence-corrected chi connectivity index (χ1v) is 5.43. The molecule has 0 unspecified atom stereocenters. The Kier molecular flexibility index (Phi) is 9.96. The quantitative estimate of drug-likeness (QED) is 0.387. The van der Waals surface area contributed by atoms with E-state index in [1.54, 1.807) is 5.48 Å². The first-order valence-electron chi connectivity index (χ1n) is 3.85. The summed E-state index contributed by atoms with van der Waals surface area (Å²) >= 11 is 0. The molecule has 0 rings (SSSR count). The van der Waals surface area contributed by atoms with Crippen LogP contribution in [0.5, 0.6) is 0 Å². The number of amides is 1. The van der Waals surface area contributed by atoms with Crippen LogP contribution in [0.3, 0.4) is 0 Å². The molecule has 0 aliphatic carbocycles. The van der Waals surface area contributed by atoms with E-state index in [4.69, 9.17) is 0 Å². The Hall–Kier alpha value is 0.120. The zero-order chi connectivity index (χ0) is 10.3. The van der Waals surface area contributed by atoms with Gasteiger partial charge in [0.05, 0.1) is 5.75 Å². The van der Waals surface area contributed by atoms with Gasteiger partial charge in [0.1, 0.15) is 0 Å². The molecule has 0 saturated carbocycles. The Balaban J connectivity index is 0. The molecule has 0 aromatic carbocycles. The zero-order valence-electron chi connectivity index (χ0n) is 7.45. The molecule has 0 atom stereocenters. The number of hydroxylamine groups is 1. The van der Waals surface area contributed by atoms with Gasteiger partial charge >= 0.3 is 29.6 Å². The number of nitrogens with one attached hydrogen (secondary N) is 1. The number of hydrogen-bond donors (Lipinski definition) is 1. The maximum atomic E-state index is 10.9. The number of rotatable bonds is 6. The topological polar surface area (TPSA) is 72.5 Å². The molecule has 0 aromatic rings. The molecule has 1 amide bonds. The van der Waals surface area contributed by atoms with Crippen molar-refractivity contribution in [3.63, 3.8) is 0 Å². The summed E-state index contributed by atoms with van der Waals surface area (Å²) in [6.45, 7) is 5.00. The van der Waals surface area contributed by atoms with E-state index in [0.29, 0.717) is 6.42 Å². The Morgan fingerprint density at radius 2 is 2.14 bits per heavy atom. The van der Waals surface area contributed by atoms with E-state index in [0.717, 1.165) is 12.5 Å². The van der Waals surface area contributed by atoms with Crippen molar-refractivity contribution in [1.29, 1.82) is 0 Å². The van der Waals surface area contributed by atoms with Crippen LogP contribution >= 0.6 is 0 Å². The van der Waals surface area contributed by atoms with E-state index in [2.05, 4.69) is 10.9 Å². The first-order chi connectivity index (χ1) is 6.02. The minimum atomic E-state index is -3.63. The van der Waals surface area contributed by atoms with E-state index < -0.39 is 16.0 Å². The third-order valence-corrected chi connectivity index (χ3v) is 2.33. The van der Waals surface area contributed by atoms with Crippen LogP contribution in [0.15, 0.2) is 12.7 Å². The average Bonchev–Trinajstić information content (AvgIpc) is 2.11. The number of hydrogen-bond acceptors (Lipinski definition) is 4. The van der Waals surface area contributed by atoms with Gasteiger partial charge in [0.15, 0.2) is 0 Å². The summed E-state index contributed by atoms with van der Waals surface area (Å²) in [5, 5.41) is 0. The van der Waals surface area contributed by atoms with Crippen molar-refractivity contribution in [2.24, 2.45) is 0 Å². The molecule has 0 aliphatic rings. The van der Waals surface area contributed by atoms with Crippen LogP contribution in [0.25, 0.3) is 0 Å². The van der Waals surface area contributed by atoms with Crippen LogP contribution in [-0.4, -0.2) is 49.6 Å². The van der Waals surface area contributed by atoms with Gasteiger partial charge in [-0.2, -0.15) is 8.42 Å². The molecule has 0 aliphatic heterocycles. The second-order valence-corrected chi connectivity index (χ2v) is 4.06. The Bertz CT molecular complexity index is 275. The molecule has 0 fully saturated rings. The molecule has 0 radical (unpaired) electrons. The number of carbonyl (C=O) groups is 1. The molecule has 7 heteroatoms. The zero-order valence-corrected chi connectivity index (χ0v) is 8.26. The van der Waals surface area contributed by atoms with Gasteiger partial charge in [-0.05, 0) is 12.5 Å². The van der Waals surface area contributed by atoms with Gasteiger partial charge in [0, 0.05) is 0 Å². The van der Waals surface area contributed by atoms with Crippen molar-refractivity contribution in [3.8, 4) is 0 Å². The summed E-state index contributed by atoms with van der Waals surface area (Å²) in [6, 6.07) is 0. The standard InChI is InChI=1S/C7H13NO4S.Na.H/c1-3-5-6-13(10,11)12-8-7(9)4-2;;/h4H,2-3,5-6H2,1H3,(H,8,9);;. The van der Waals surface area contributed by atoms with E-state index in [9.17, 15) is 13.2 Å². The van der Waals surface area contributed by atoms with E-state index in [-0.39, 0.29) is 35.3 Å². The van der Waals surface area contributed by atoms with Gasteiger partial charge in [-0.1, -0.05) is 19.9 Å². The predicted octanol–water partition coefficient (Wildman–Crippen LogP) is -0.298. The number of carbonyl (C=O) groups excluding carboxylic acids is 1. The fraction of sp³-hybridized carbons (Fsp3) is 0.571. The van der Waals surface area contributed by atoms with Crippen molar-refractivity contribution >= 4 is 45.6 Å². The van der Waals surface area contributed by atoms with Crippen molar-refractivity contribution < 1.29 is 17.5 Å². The van der Waals surface area contributed by atoms with Crippen LogP contribution in [0.1, 0.15) is 19.8 Å². The summed E-state index contributed by atoms with van der Waals surface area (Å²) in [4.78, 5) is 10.5. The van der Waals surface area contributed by atoms with Crippen molar-refractivity contribution in [1.82, 2.24) is 5.48 Å². The molecule has 1 N–H and O–H groups in total. The monoisotopic (exact) mass is 231 g/mol. The molecule has 78 valence electrons. The average molecular weight is 231 g/mol. The van der Waals surface area contributed by atoms with Crippen molar-refractivity contribution in [3.05, 3.63) is 12.7 Å². The fourth-order valence-electron chi connectivity index (χ4n) is 0.509. The minimum absolute atomic E-state index is 0. The first kappa shape index (κ1) is 16.5. The van der Waals surface area contributed by atoms with Crippen LogP contribution in [-0.2, 0) is 19.2 Å². The molecule has 0 bridgehead atoms. The van der Waals surface area contributed by atoms with Crippen molar-refractivity contribution in [2.45, 2.75) is 19.8 Å². The Morgan fingerprint density at radius 3 is 2.57 bits per heavy atom. The van der Waals surface area contributed by atoms with Gasteiger partial charge in [-0.15, -0.1) is 4.28 Å². The van der Waals surface area contributed by atoms with Gasteiger partial charge < -0.3 is 0 Å². The molecular weight excluding hydrogens is 217 g/mol.